The maximum atomic E-state index is 10.8. The fourth-order valence-electron chi connectivity index (χ4n) is 0.975. The highest BCUT2D eigenvalue weighted by Gasteiger charge is 2.16. The summed E-state index contributed by atoms with van der Waals surface area (Å²) in [5.41, 5.74) is 0.677. The molecule has 0 N–H and O–H groups in total. The normalized spacial score (nSPS) is 10.0. The summed E-state index contributed by atoms with van der Waals surface area (Å²) in [7, 11) is 0. The first kappa shape index (κ1) is 11.1. The van der Waals surface area contributed by atoms with Gasteiger partial charge < -0.3 is 0 Å². The van der Waals surface area contributed by atoms with Crippen molar-refractivity contribution >= 4 is 33.7 Å². The molecule has 0 aliphatic carbocycles. The van der Waals surface area contributed by atoms with Gasteiger partial charge in [-0.1, -0.05) is 0 Å². The minimum absolute atomic E-state index is 0.0471. The molecule has 0 aromatic carbocycles. The van der Waals surface area contributed by atoms with E-state index < -0.39 is 10.5 Å². The number of hydrogen-bond acceptors (Lipinski definition) is 4. The number of rotatable bonds is 2. The second kappa shape index (κ2) is 4.02. The summed E-state index contributed by atoms with van der Waals surface area (Å²) in [5, 5.41) is -1.40. The second-order valence-corrected chi connectivity index (χ2v) is 3.33. The van der Waals surface area contributed by atoms with Crippen LogP contribution in [0.4, 0.5) is 0 Å². The molecule has 1 rings (SSSR count). The van der Waals surface area contributed by atoms with Crippen LogP contribution >= 0.6 is 23.2 Å². The number of aryl methyl sites for hydroxylation is 2. The molecule has 6 heteroatoms. The lowest BCUT2D eigenvalue weighted by atomic mass is 10.3. The minimum atomic E-state index is -0.702. The molecule has 74 valence electrons. The zero-order chi connectivity index (χ0) is 10.9. The predicted octanol–water partition coefficient (Wildman–Crippen LogP) is 1.85. The number of carbonyl (C=O) groups excluding carboxylic acids is 2. The number of carbonyl (C=O) groups is 2. The maximum Gasteiger partial charge on any atom is 0.272 e. The van der Waals surface area contributed by atoms with Gasteiger partial charge in [0.05, 0.1) is 11.4 Å². The lowest BCUT2D eigenvalue weighted by Gasteiger charge is -2.03. The maximum absolute atomic E-state index is 10.8. The molecule has 0 spiro atoms. The van der Waals surface area contributed by atoms with Crippen molar-refractivity contribution in [3.8, 4) is 0 Å². The van der Waals surface area contributed by atoms with Crippen LogP contribution in [0.25, 0.3) is 0 Å². The highest BCUT2D eigenvalue weighted by molar-refractivity contribution is 6.68. The van der Waals surface area contributed by atoms with E-state index in [0.717, 1.165) is 0 Å². The Hall–Kier alpha value is -1.00. The van der Waals surface area contributed by atoms with Gasteiger partial charge >= 0.3 is 0 Å². The topological polar surface area (TPSA) is 59.9 Å². The largest absolute Gasteiger partial charge is 0.274 e. The van der Waals surface area contributed by atoms with Crippen molar-refractivity contribution in [1.29, 1.82) is 0 Å². The first-order valence-corrected chi connectivity index (χ1v) is 4.44. The quantitative estimate of drug-likeness (QED) is 0.731. The van der Waals surface area contributed by atoms with E-state index >= 15 is 0 Å². The molecule has 0 radical (unpaired) electrons. The lowest BCUT2D eigenvalue weighted by Crippen LogP contribution is -2.09. The Labute approximate surface area is 90.3 Å². The Morgan fingerprint density at radius 1 is 0.929 bits per heavy atom. The van der Waals surface area contributed by atoms with Gasteiger partial charge in [-0.05, 0) is 37.0 Å². The average molecular weight is 233 g/mol. The molecule has 0 aliphatic rings. The SMILES string of the molecule is Cc1nc(C(=O)Cl)c(C)nc1C(=O)Cl. The third-order valence-corrected chi connectivity index (χ3v) is 1.97. The fourth-order valence-corrected chi connectivity index (χ4v) is 1.33. The Morgan fingerprint density at radius 3 is 1.43 bits per heavy atom. The van der Waals surface area contributed by atoms with Crippen LogP contribution in [-0.4, -0.2) is 20.5 Å². The molecule has 14 heavy (non-hydrogen) atoms. The second-order valence-electron chi connectivity index (χ2n) is 2.64. The highest BCUT2D eigenvalue weighted by atomic mass is 35.5. The van der Waals surface area contributed by atoms with E-state index in [0.29, 0.717) is 11.4 Å². The number of hydrogen-bond donors (Lipinski definition) is 0. The summed E-state index contributed by atoms with van der Waals surface area (Å²) in [6.45, 7) is 3.07. The lowest BCUT2D eigenvalue weighted by molar-refractivity contribution is 0.106. The Bertz CT molecular complexity index is 378. The van der Waals surface area contributed by atoms with Gasteiger partial charge in [0.25, 0.3) is 10.5 Å². The van der Waals surface area contributed by atoms with Gasteiger partial charge in [0, 0.05) is 0 Å². The smallest absolute Gasteiger partial charge is 0.272 e. The molecule has 0 unspecified atom stereocenters. The van der Waals surface area contributed by atoms with Gasteiger partial charge in [-0.2, -0.15) is 0 Å². The summed E-state index contributed by atoms with van der Waals surface area (Å²) in [6.07, 6.45) is 0. The van der Waals surface area contributed by atoms with Crippen molar-refractivity contribution in [3.05, 3.63) is 22.8 Å². The van der Waals surface area contributed by atoms with E-state index in [-0.39, 0.29) is 11.4 Å². The Kier molecular flexibility index (Phi) is 3.18. The molecule has 0 saturated heterocycles. The molecule has 1 heterocycles. The van der Waals surface area contributed by atoms with Crippen LogP contribution in [0.15, 0.2) is 0 Å². The van der Waals surface area contributed by atoms with Crippen LogP contribution in [0.5, 0.6) is 0 Å². The van der Waals surface area contributed by atoms with Crippen molar-refractivity contribution in [1.82, 2.24) is 9.97 Å². The summed E-state index contributed by atoms with van der Waals surface area (Å²) in [5.74, 6) is 0. The third-order valence-electron chi connectivity index (χ3n) is 1.62. The third kappa shape index (κ3) is 2.08. The molecule has 0 bridgehead atoms. The van der Waals surface area contributed by atoms with Gasteiger partial charge in [-0.15, -0.1) is 0 Å². The molecule has 1 aromatic heterocycles. The molecule has 4 nitrogen and oxygen atoms in total. The zero-order valence-electron chi connectivity index (χ0n) is 7.47. The highest BCUT2D eigenvalue weighted by Crippen LogP contribution is 2.11. The van der Waals surface area contributed by atoms with Crippen molar-refractivity contribution in [2.75, 3.05) is 0 Å². The molecule has 0 atom stereocenters. The molecular formula is C8H6Cl2N2O2. The average Bonchev–Trinajstić information content (AvgIpc) is 2.07. The van der Waals surface area contributed by atoms with Gasteiger partial charge in [0.2, 0.25) is 0 Å². The summed E-state index contributed by atoms with van der Waals surface area (Å²) in [6, 6.07) is 0. The molecule has 1 aromatic rings. The van der Waals surface area contributed by atoms with E-state index in [1.807, 2.05) is 0 Å². The summed E-state index contributed by atoms with van der Waals surface area (Å²) >= 11 is 10.5. The monoisotopic (exact) mass is 232 g/mol. The number of aromatic nitrogens is 2. The van der Waals surface area contributed by atoms with Gasteiger partial charge in [0.1, 0.15) is 11.4 Å². The van der Waals surface area contributed by atoms with E-state index in [2.05, 4.69) is 9.97 Å². The van der Waals surface area contributed by atoms with E-state index in [9.17, 15) is 9.59 Å². The first-order valence-electron chi connectivity index (χ1n) is 3.68. The Morgan fingerprint density at radius 2 is 1.21 bits per heavy atom. The number of halogens is 2. The first-order chi connectivity index (χ1) is 6.43. The van der Waals surface area contributed by atoms with Gasteiger partial charge in [-0.3, -0.25) is 9.59 Å². The van der Waals surface area contributed by atoms with Gasteiger partial charge in [-0.25, -0.2) is 9.97 Å². The van der Waals surface area contributed by atoms with Crippen molar-refractivity contribution < 1.29 is 9.59 Å². The molecule has 0 aliphatic heterocycles. The van der Waals surface area contributed by atoms with Crippen LogP contribution in [0.1, 0.15) is 32.4 Å². The van der Waals surface area contributed by atoms with Crippen LogP contribution in [0.3, 0.4) is 0 Å². The Balaban J connectivity index is 3.38. The van der Waals surface area contributed by atoms with Crippen molar-refractivity contribution in [2.45, 2.75) is 13.8 Å². The number of nitrogens with zero attached hydrogens (tertiary/aromatic N) is 2. The van der Waals surface area contributed by atoms with Crippen LogP contribution in [0.2, 0.25) is 0 Å². The molecule has 0 amide bonds. The van der Waals surface area contributed by atoms with Crippen LogP contribution in [0, 0.1) is 13.8 Å². The van der Waals surface area contributed by atoms with Crippen LogP contribution < -0.4 is 0 Å². The van der Waals surface area contributed by atoms with Crippen molar-refractivity contribution in [3.63, 3.8) is 0 Å². The predicted molar refractivity (Wildman–Crippen MR) is 51.9 cm³/mol. The zero-order valence-corrected chi connectivity index (χ0v) is 8.98. The van der Waals surface area contributed by atoms with Crippen LogP contribution in [-0.2, 0) is 0 Å². The van der Waals surface area contributed by atoms with Gasteiger partial charge in [0.15, 0.2) is 0 Å². The molecule has 0 fully saturated rings. The minimum Gasteiger partial charge on any atom is -0.274 e. The van der Waals surface area contributed by atoms with Crippen molar-refractivity contribution in [2.24, 2.45) is 0 Å². The van der Waals surface area contributed by atoms with E-state index in [4.69, 9.17) is 23.2 Å². The van der Waals surface area contributed by atoms with E-state index in [1.54, 1.807) is 0 Å². The molecular weight excluding hydrogens is 227 g/mol. The molecule has 0 saturated carbocycles. The standard InChI is InChI=1S/C8H6Cl2N2O2/c1-3-5(7(9)13)12-4(2)6(11-3)8(10)14/h1-2H3. The summed E-state index contributed by atoms with van der Waals surface area (Å²) in [4.78, 5) is 29.4. The fraction of sp³-hybridized carbons (Fsp3) is 0.250. The van der Waals surface area contributed by atoms with E-state index in [1.165, 1.54) is 13.8 Å². The summed E-state index contributed by atoms with van der Waals surface area (Å²) < 4.78 is 0.